The molecule has 0 fully saturated rings. The topological polar surface area (TPSA) is 93.5 Å². The zero-order valence-electron chi connectivity index (χ0n) is 12.3. The van der Waals surface area contributed by atoms with Crippen LogP contribution in [0.1, 0.15) is 19.4 Å². The third-order valence-corrected chi connectivity index (χ3v) is 3.14. The predicted molar refractivity (Wildman–Crippen MR) is 79.4 cm³/mol. The Kier molecular flexibility index (Phi) is 4.45. The maximum Gasteiger partial charge on any atom is 0.412 e. The van der Waals surface area contributed by atoms with E-state index < -0.39 is 17.6 Å². The molecule has 0 saturated heterocycles. The molecule has 0 aliphatic rings. The van der Waals surface area contributed by atoms with Crippen molar-refractivity contribution in [2.24, 2.45) is 0 Å². The second kappa shape index (κ2) is 6.30. The number of aliphatic carboxylic acids is 1. The summed E-state index contributed by atoms with van der Waals surface area (Å²) in [5.41, 5.74) is 0.0428. The van der Waals surface area contributed by atoms with Crippen LogP contribution in [-0.4, -0.2) is 26.9 Å². The molecular formula is C15H17N3O4. The van der Waals surface area contributed by atoms with E-state index in [1.165, 1.54) is 30.9 Å². The van der Waals surface area contributed by atoms with Crippen LogP contribution in [0.3, 0.4) is 0 Å². The van der Waals surface area contributed by atoms with E-state index in [1.807, 2.05) is 30.3 Å². The van der Waals surface area contributed by atoms with Gasteiger partial charge in [-0.05, 0) is 19.4 Å². The zero-order valence-corrected chi connectivity index (χ0v) is 12.3. The van der Waals surface area contributed by atoms with Crippen LogP contribution in [0.25, 0.3) is 0 Å². The number of hydrogen-bond donors (Lipinski definition) is 2. The van der Waals surface area contributed by atoms with Crippen molar-refractivity contribution in [1.29, 1.82) is 0 Å². The molecule has 7 nitrogen and oxygen atoms in total. The van der Waals surface area contributed by atoms with Crippen LogP contribution in [0, 0.1) is 0 Å². The van der Waals surface area contributed by atoms with Crippen molar-refractivity contribution >= 4 is 17.7 Å². The van der Waals surface area contributed by atoms with E-state index in [1.54, 1.807) is 0 Å². The molecule has 0 atom stereocenters. The molecule has 0 unspecified atom stereocenters. The normalized spacial score (nSPS) is 11.0. The maximum absolute atomic E-state index is 11.7. The number of carboxylic acid groups (broad SMARTS) is 1. The highest BCUT2D eigenvalue weighted by molar-refractivity contribution is 5.84. The summed E-state index contributed by atoms with van der Waals surface area (Å²) in [6, 6.07) is 9.28. The zero-order chi connectivity index (χ0) is 16.2. The SMILES string of the molecule is CC(C)(C(=O)O)n1cc(NC(=O)OCc2ccccc2)cn1. The first-order valence-corrected chi connectivity index (χ1v) is 6.66. The molecule has 0 spiro atoms. The van der Waals surface area contributed by atoms with Gasteiger partial charge in [0.15, 0.2) is 5.54 Å². The third-order valence-electron chi connectivity index (χ3n) is 3.14. The van der Waals surface area contributed by atoms with Crippen molar-refractivity contribution < 1.29 is 19.4 Å². The van der Waals surface area contributed by atoms with Gasteiger partial charge in [-0.25, -0.2) is 9.59 Å². The van der Waals surface area contributed by atoms with Crippen LogP contribution >= 0.6 is 0 Å². The number of benzene rings is 1. The van der Waals surface area contributed by atoms with Gasteiger partial charge in [-0.3, -0.25) is 10.00 Å². The number of carbonyl (C=O) groups is 2. The molecule has 1 amide bonds. The minimum absolute atomic E-state index is 0.154. The second-order valence-electron chi connectivity index (χ2n) is 5.22. The van der Waals surface area contributed by atoms with Crippen LogP contribution in [0.2, 0.25) is 0 Å². The summed E-state index contributed by atoms with van der Waals surface area (Å²) < 4.78 is 6.34. The number of carbonyl (C=O) groups excluding carboxylic acids is 1. The summed E-state index contributed by atoms with van der Waals surface area (Å²) in [5, 5.41) is 15.6. The van der Waals surface area contributed by atoms with E-state index >= 15 is 0 Å². The second-order valence-corrected chi connectivity index (χ2v) is 5.22. The molecule has 2 N–H and O–H groups in total. The molecule has 1 heterocycles. The Morgan fingerprint density at radius 2 is 2.00 bits per heavy atom. The van der Waals surface area contributed by atoms with E-state index in [0.29, 0.717) is 5.69 Å². The first-order chi connectivity index (χ1) is 10.4. The smallest absolute Gasteiger partial charge is 0.412 e. The molecular weight excluding hydrogens is 286 g/mol. The highest BCUT2D eigenvalue weighted by Crippen LogP contribution is 2.17. The van der Waals surface area contributed by atoms with Crippen molar-refractivity contribution in [2.75, 3.05) is 5.32 Å². The number of ether oxygens (including phenoxy) is 1. The molecule has 0 radical (unpaired) electrons. The standard InChI is InChI=1S/C15H17N3O4/c1-15(2,13(19)20)18-9-12(8-16-18)17-14(21)22-10-11-6-4-3-5-7-11/h3-9H,10H2,1-2H3,(H,17,21)(H,19,20). The summed E-state index contributed by atoms with van der Waals surface area (Å²) in [4.78, 5) is 22.8. The summed E-state index contributed by atoms with van der Waals surface area (Å²) >= 11 is 0. The van der Waals surface area contributed by atoms with Crippen LogP contribution < -0.4 is 5.32 Å². The van der Waals surface area contributed by atoms with Gasteiger partial charge in [0, 0.05) is 6.20 Å². The molecule has 0 aliphatic carbocycles. The van der Waals surface area contributed by atoms with Crippen molar-refractivity contribution in [3.63, 3.8) is 0 Å². The number of aromatic nitrogens is 2. The lowest BCUT2D eigenvalue weighted by Crippen LogP contribution is -2.35. The Morgan fingerprint density at radius 3 is 2.64 bits per heavy atom. The number of amides is 1. The van der Waals surface area contributed by atoms with E-state index in [-0.39, 0.29) is 6.61 Å². The molecule has 0 aliphatic heterocycles. The van der Waals surface area contributed by atoms with Crippen molar-refractivity contribution in [3.05, 3.63) is 48.3 Å². The Morgan fingerprint density at radius 1 is 1.32 bits per heavy atom. The Balaban J connectivity index is 1.93. The van der Waals surface area contributed by atoms with Gasteiger partial charge in [0.2, 0.25) is 0 Å². The van der Waals surface area contributed by atoms with Gasteiger partial charge in [-0.1, -0.05) is 30.3 Å². The summed E-state index contributed by atoms with van der Waals surface area (Å²) in [5.74, 6) is -1.02. The molecule has 1 aromatic heterocycles. The first kappa shape index (κ1) is 15.6. The van der Waals surface area contributed by atoms with Gasteiger partial charge in [-0.15, -0.1) is 0 Å². The largest absolute Gasteiger partial charge is 0.479 e. The monoisotopic (exact) mass is 303 g/mol. The summed E-state index contributed by atoms with van der Waals surface area (Å²) in [6.45, 7) is 3.18. The van der Waals surface area contributed by atoms with Crippen LogP contribution in [0.4, 0.5) is 10.5 Å². The lowest BCUT2D eigenvalue weighted by molar-refractivity contribution is -0.146. The van der Waals surface area contributed by atoms with E-state index in [9.17, 15) is 9.59 Å². The van der Waals surface area contributed by atoms with Crippen LogP contribution in [-0.2, 0) is 21.7 Å². The average Bonchev–Trinajstić information content (AvgIpc) is 2.95. The van der Waals surface area contributed by atoms with E-state index in [0.717, 1.165) is 5.56 Å². The van der Waals surface area contributed by atoms with E-state index in [4.69, 9.17) is 9.84 Å². The maximum atomic E-state index is 11.7. The molecule has 0 saturated carbocycles. The molecule has 0 bridgehead atoms. The van der Waals surface area contributed by atoms with Crippen LogP contribution in [0.15, 0.2) is 42.7 Å². The molecule has 1 aromatic carbocycles. The van der Waals surface area contributed by atoms with Gasteiger partial charge in [0.1, 0.15) is 6.61 Å². The number of hydrogen-bond acceptors (Lipinski definition) is 4. The molecule has 116 valence electrons. The Labute approximate surface area is 127 Å². The summed E-state index contributed by atoms with van der Waals surface area (Å²) in [6.07, 6.45) is 2.18. The van der Waals surface area contributed by atoms with E-state index in [2.05, 4.69) is 10.4 Å². The molecule has 2 rings (SSSR count). The van der Waals surface area contributed by atoms with Crippen molar-refractivity contribution in [3.8, 4) is 0 Å². The van der Waals surface area contributed by atoms with Crippen molar-refractivity contribution in [2.45, 2.75) is 26.0 Å². The van der Waals surface area contributed by atoms with Crippen LogP contribution in [0.5, 0.6) is 0 Å². The molecule has 2 aromatic rings. The highest BCUT2D eigenvalue weighted by atomic mass is 16.5. The number of nitrogens with one attached hydrogen (secondary N) is 1. The lowest BCUT2D eigenvalue weighted by atomic mass is 10.1. The first-order valence-electron chi connectivity index (χ1n) is 6.66. The van der Waals surface area contributed by atoms with Gasteiger partial charge in [-0.2, -0.15) is 5.10 Å². The third kappa shape index (κ3) is 3.63. The average molecular weight is 303 g/mol. The molecule has 7 heteroatoms. The van der Waals surface area contributed by atoms with Gasteiger partial charge < -0.3 is 9.84 Å². The summed E-state index contributed by atoms with van der Waals surface area (Å²) in [7, 11) is 0. The fourth-order valence-corrected chi connectivity index (χ4v) is 1.67. The predicted octanol–water partition coefficient (Wildman–Crippen LogP) is 2.45. The van der Waals surface area contributed by atoms with Gasteiger partial charge in [0.25, 0.3) is 0 Å². The Bertz CT molecular complexity index is 664. The minimum atomic E-state index is -1.20. The minimum Gasteiger partial charge on any atom is -0.479 e. The van der Waals surface area contributed by atoms with Crippen molar-refractivity contribution in [1.82, 2.24) is 9.78 Å². The fraction of sp³-hybridized carbons (Fsp3) is 0.267. The number of carboxylic acids is 1. The Hall–Kier alpha value is -2.83. The quantitative estimate of drug-likeness (QED) is 0.885. The number of nitrogens with zero attached hydrogens (tertiary/aromatic N) is 2. The van der Waals surface area contributed by atoms with Gasteiger partial charge in [0.05, 0.1) is 11.9 Å². The molecule has 22 heavy (non-hydrogen) atoms. The lowest BCUT2D eigenvalue weighted by Gasteiger charge is -2.19. The fourth-order valence-electron chi connectivity index (χ4n) is 1.67. The number of anilines is 1. The van der Waals surface area contributed by atoms with Gasteiger partial charge >= 0.3 is 12.1 Å². The highest BCUT2D eigenvalue weighted by Gasteiger charge is 2.30. The number of rotatable bonds is 5.